The Labute approximate surface area is 94.7 Å². The third kappa shape index (κ3) is 3.19. The number of rotatable bonds is 4. The maximum atomic E-state index is 13.5. The molecule has 0 amide bonds. The molecule has 1 aromatic carbocycles. The highest BCUT2D eigenvalue weighted by Crippen LogP contribution is 2.13. The van der Waals surface area contributed by atoms with Gasteiger partial charge in [-0.05, 0) is 37.5 Å². The zero-order valence-electron chi connectivity index (χ0n) is 9.50. The number of carbonyl (C=O) groups is 1. The number of methoxy groups -OCH3 is 1. The van der Waals surface area contributed by atoms with Crippen LogP contribution in [0.2, 0.25) is 0 Å². The molecule has 0 heterocycles. The molecule has 0 bridgehead atoms. The van der Waals surface area contributed by atoms with Crippen molar-refractivity contribution in [2.75, 3.05) is 7.11 Å². The van der Waals surface area contributed by atoms with Gasteiger partial charge in [-0.3, -0.25) is 0 Å². The van der Waals surface area contributed by atoms with Gasteiger partial charge in [0.05, 0.1) is 12.7 Å². The summed E-state index contributed by atoms with van der Waals surface area (Å²) in [5.74, 6) is -1.16. The van der Waals surface area contributed by atoms with Crippen LogP contribution in [0.15, 0.2) is 30.4 Å². The van der Waals surface area contributed by atoms with E-state index in [9.17, 15) is 9.18 Å². The number of benzene rings is 1. The maximum absolute atomic E-state index is 13.5. The molecule has 86 valence electrons. The van der Waals surface area contributed by atoms with Crippen LogP contribution in [0.4, 0.5) is 4.39 Å². The Balaban J connectivity index is 2.78. The van der Waals surface area contributed by atoms with Gasteiger partial charge in [0, 0.05) is 0 Å². The largest absolute Gasteiger partial charge is 0.465 e. The normalized spacial score (nSPS) is 10.7. The van der Waals surface area contributed by atoms with Crippen molar-refractivity contribution in [1.29, 1.82) is 0 Å². The number of carbonyl (C=O) groups excluding carboxylic acids is 1. The summed E-state index contributed by atoms with van der Waals surface area (Å²) >= 11 is 0. The number of aryl methyl sites for hydroxylation is 1. The predicted octanol–water partition coefficient (Wildman–Crippen LogP) is 3.12. The molecule has 0 aromatic heterocycles. The van der Waals surface area contributed by atoms with E-state index in [1.165, 1.54) is 19.2 Å². The third-order valence-corrected chi connectivity index (χ3v) is 2.27. The SMILES string of the molecule is CC=CCCc1ccc(C(=O)OC)c(F)c1. The molecule has 2 nitrogen and oxygen atoms in total. The lowest BCUT2D eigenvalue weighted by Crippen LogP contribution is -2.04. The number of halogens is 1. The highest BCUT2D eigenvalue weighted by atomic mass is 19.1. The first-order valence-electron chi connectivity index (χ1n) is 5.17. The number of esters is 1. The van der Waals surface area contributed by atoms with Gasteiger partial charge in [0.15, 0.2) is 0 Å². The van der Waals surface area contributed by atoms with Crippen LogP contribution in [0, 0.1) is 5.82 Å². The summed E-state index contributed by atoms with van der Waals surface area (Å²) in [6.45, 7) is 1.95. The van der Waals surface area contributed by atoms with Gasteiger partial charge in [-0.25, -0.2) is 9.18 Å². The van der Waals surface area contributed by atoms with Gasteiger partial charge in [-0.15, -0.1) is 0 Å². The van der Waals surface area contributed by atoms with Crippen LogP contribution in [0.3, 0.4) is 0 Å². The molecule has 0 saturated carbocycles. The molecule has 3 heteroatoms. The minimum atomic E-state index is -0.641. The Bertz CT molecular complexity index is 397. The van der Waals surface area contributed by atoms with Gasteiger partial charge in [0.1, 0.15) is 5.82 Å². The molecule has 0 unspecified atom stereocenters. The van der Waals surface area contributed by atoms with E-state index in [-0.39, 0.29) is 5.56 Å². The van der Waals surface area contributed by atoms with Crippen molar-refractivity contribution in [2.24, 2.45) is 0 Å². The van der Waals surface area contributed by atoms with Crippen molar-refractivity contribution in [1.82, 2.24) is 0 Å². The summed E-state index contributed by atoms with van der Waals surface area (Å²) in [5, 5.41) is 0. The average molecular weight is 222 g/mol. The summed E-state index contributed by atoms with van der Waals surface area (Å²) in [6, 6.07) is 4.60. The average Bonchev–Trinajstić information content (AvgIpc) is 2.29. The van der Waals surface area contributed by atoms with Gasteiger partial charge in [0.2, 0.25) is 0 Å². The molecule has 1 rings (SSSR count). The molecule has 0 fully saturated rings. The summed E-state index contributed by atoms with van der Waals surface area (Å²) in [6.07, 6.45) is 5.61. The van der Waals surface area contributed by atoms with Gasteiger partial charge < -0.3 is 4.74 Å². The smallest absolute Gasteiger partial charge is 0.340 e. The first-order valence-corrected chi connectivity index (χ1v) is 5.17. The van der Waals surface area contributed by atoms with Crippen molar-refractivity contribution in [2.45, 2.75) is 19.8 Å². The second kappa shape index (κ2) is 6.05. The van der Waals surface area contributed by atoms with Crippen molar-refractivity contribution in [3.63, 3.8) is 0 Å². The van der Waals surface area contributed by atoms with Crippen molar-refractivity contribution >= 4 is 5.97 Å². The quantitative estimate of drug-likeness (QED) is 0.578. The van der Waals surface area contributed by atoms with Crippen LogP contribution < -0.4 is 0 Å². The summed E-state index contributed by atoms with van der Waals surface area (Å²) < 4.78 is 17.9. The Morgan fingerprint density at radius 3 is 2.81 bits per heavy atom. The molecule has 0 aliphatic rings. The van der Waals surface area contributed by atoms with Gasteiger partial charge in [-0.1, -0.05) is 18.2 Å². The van der Waals surface area contributed by atoms with Crippen LogP contribution >= 0.6 is 0 Å². The van der Waals surface area contributed by atoms with Gasteiger partial charge in [0.25, 0.3) is 0 Å². The monoisotopic (exact) mass is 222 g/mol. The lowest BCUT2D eigenvalue weighted by molar-refractivity contribution is 0.0595. The zero-order valence-corrected chi connectivity index (χ0v) is 9.50. The Morgan fingerprint density at radius 2 is 2.25 bits per heavy atom. The van der Waals surface area contributed by atoms with Crippen LogP contribution in [-0.4, -0.2) is 13.1 Å². The Kier molecular flexibility index (Phi) is 4.70. The third-order valence-electron chi connectivity index (χ3n) is 2.27. The van der Waals surface area contributed by atoms with E-state index >= 15 is 0 Å². The van der Waals surface area contributed by atoms with Crippen LogP contribution in [0.1, 0.15) is 29.3 Å². The van der Waals surface area contributed by atoms with E-state index in [2.05, 4.69) is 4.74 Å². The lowest BCUT2D eigenvalue weighted by Gasteiger charge is -2.03. The molecular weight excluding hydrogens is 207 g/mol. The number of ether oxygens (including phenoxy) is 1. The number of hydrogen-bond donors (Lipinski definition) is 0. The molecule has 0 aliphatic heterocycles. The Morgan fingerprint density at radius 1 is 1.50 bits per heavy atom. The van der Waals surface area contributed by atoms with E-state index in [1.807, 2.05) is 19.1 Å². The van der Waals surface area contributed by atoms with Crippen LogP contribution in [-0.2, 0) is 11.2 Å². The minimum Gasteiger partial charge on any atom is -0.465 e. The van der Waals surface area contributed by atoms with E-state index in [0.717, 1.165) is 18.4 Å². The first-order chi connectivity index (χ1) is 7.69. The second-order valence-electron chi connectivity index (χ2n) is 3.41. The van der Waals surface area contributed by atoms with Gasteiger partial charge in [-0.2, -0.15) is 0 Å². The fourth-order valence-corrected chi connectivity index (χ4v) is 1.41. The summed E-state index contributed by atoms with van der Waals surface area (Å²) in [5.41, 5.74) is 0.862. The number of hydrogen-bond acceptors (Lipinski definition) is 2. The van der Waals surface area contributed by atoms with Gasteiger partial charge >= 0.3 is 5.97 Å². The summed E-state index contributed by atoms with van der Waals surface area (Å²) in [7, 11) is 1.24. The van der Waals surface area contributed by atoms with Crippen molar-refractivity contribution in [3.05, 3.63) is 47.3 Å². The molecule has 1 aromatic rings. The molecule has 0 aliphatic carbocycles. The Hall–Kier alpha value is -1.64. The fraction of sp³-hybridized carbons (Fsp3) is 0.308. The molecule has 0 N–H and O–H groups in total. The highest BCUT2D eigenvalue weighted by molar-refractivity contribution is 5.89. The van der Waals surface area contributed by atoms with Crippen molar-refractivity contribution in [3.8, 4) is 0 Å². The molecule has 16 heavy (non-hydrogen) atoms. The highest BCUT2D eigenvalue weighted by Gasteiger charge is 2.11. The number of allylic oxidation sites excluding steroid dienone is 2. The molecule has 0 atom stereocenters. The van der Waals surface area contributed by atoms with E-state index in [4.69, 9.17) is 0 Å². The zero-order chi connectivity index (χ0) is 12.0. The molecule has 0 spiro atoms. The standard InChI is InChI=1S/C13H15FO2/c1-3-4-5-6-10-7-8-11(12(14)9-10)13(15)16-2/h3-4,7-9H,5-6H2,1-2H3. The fourth-order valence-electron chi connectivity index (χ4n) is 1.41. The minimum absolute atomic E-state index is 0.0164. The van der Waals surface area contributed by atoms with Crippen molar-refractivity contribution < 1.29 is 13.9 Å². The first kappa shape index (κ1) is 12.4. The van der Waals surface area contributed by atoms with E-state index < -0.39 is 11.8 Å². The maximum Gasteiger partial charge on any atom is 0.340 e. The van der Waals surface area contributed by atoms with Crippen LogP contribution in [0.25, 0.3) is 0 Å². The molecular formula is C13H15FO2. The summed E-state index contributed by atoms with van der Waals surface area (Å²) in [4.78, 5) is 11.1. The van der Waals surface area contributed by atoms with Crippen LogP contribution in [0.5, 0.6) is 0 Å². The van der Waals surface area contributed by atoms with E-state index in [1.54, 1.807) is 6.07 Å². The second-order valence-corrected chi connectivity index (χ2v) is 3.41. The lowest BCUT2D eigenvalue weighted by atomic mass is 10.1. The molecule has 0 radical (unpaired) electrons. The topological polar surface area (TPSA) is 26.3 Å². The predicted molar refractivity (Wildman–Crippen MR) is 60.9 cm³/mol. The van der Waals surface area contributed by atoms with E-state index in [0.29, 0.717) is 0 Å². The molecule has 0 saturated heterocycles.